The molecule has 85 heavy (non-hydrogen) atoms. The number of rotatable bonds is 63. The summed E-state index contributed by atoms with van der Waals surface area (Å²) in [5.74, 6) is -0.527. The van der Waals surface area contributed by atoms with Crippen LogP contribution >= 0.6 is 7.82 Å². The van der Waals surface area contributed by atoms with Crippen LogP contribution in [0.15, 0.2) is 109 Å². The molecule has 490 valence electrons. The minimum Gasteiger partial charge on any atom is -0.456 e. The Kier molecular flexibility index (Phi) is 61.2. The van der Waals surface area contributed by atoms with Crippen molar-refractivity contribution < 1.29 is 37.3 Å². The Morgan fingerprint density at radius 2 is 0.753 bits per heavy atom. The van der Waals surface area contributed by atoms with Gasteiger partial charge in [-0.2, -0.15) is 0 Å². The van der Waals surface area contributed by atoms with Crippen molar-refractivity contribution in [2.24, 2.45) is 0 Å². The topological polar surface area (TPSA) is 111 Å². The van der Waals surface area contributed by atoms with E-state index in [4.69, 9.17) is 13.8 Å². The fourth-order valence-corrected chi connectivity index (χ4v) is 10.5. The molecule has 10 heteroatoms. The van der Waals surface area contributed by atoms with Gasteiger partial charge in [-0.15, -0.1) is 0 Å². The van der Waals surface area contributed by atoms with Crippen LogP contribution in [-0.2, 0) is 27.9 Å². The molecule has 2 N–H and O–H groups in total. The van der Waals surface area contributed by atoms with E-state index < -0.39 is 20.0 Å². The number of hydrogen-bond acceptors (Lipinski definition) is 6. The van der Waals surface area contributed by atoms with Crippen molar-refractivity contribution in [1.82, 2.24) is 5.32 Å². The first-order valence-corrected chi connectivity index (χ1v) is 36.7. The molecule has 0 aromatic carbocycles. The molecular weight excluding hydrogens is 1070 g/mol. The van der Waals surface area contributed by atoms with Crippen LogP contribution in [0.2, 0.25) is 0 Å². The first-order valence-electron chi connectivity index (χ1n) is 35.2. The second kappa shape index (κ2) is 63.7. The Morgan fingerprint density at radius 3 is 1.15 bits per heavy atom. The molecule has 0 rings (SSSR count). The van der Waals surface area contributed by atoms with Crippen LogP contribution in [0.5, 0.6) is 0 Å². The molecule has 0 heterocycles. The van der Waals surface area contributed by atoms with Gasteiger partial charge in [-0.05, 0) is 115 Å². The average Bonchev–Trinajstić information content (AvgIpc) is 3.63. The molecule has 0 aliphatic rings. The Bertz CT molecular complexity index is 1820. The van der Waals surface area contributed by atoms with Gasteiger partial charge in [-0.25, -0.2) is 4.57 Å². The van der Waals surface area contributed by atoms with Crippen LogP contribution in [0.1, 0.15) is 303 Å². The smallest absolute Gasteiger partial charge is 0.456 e. The lowest BCUT2D eigenvalue weighted by atomic mass is 10.0. The van der Waals surface area contributed by atoms with Gasteiger partial charge in [0.15, 0.2) is 0 Å². The molecule has 0 aliphatic heterocycles. The SMILES string of the molecule is CC/C=C\C/C=C\C/C=C\C/C=C\C/C=C\CCCCCCCC(=O)OC(/C=C\CCCCCCCCCCC)C(COP(=O)(O)OCC[N+](C)(C)C)NC(=O)CCCCCCCCCCCCCCCC/C=C\C/C=C\C/C=C\CCCCC. The van der Waals surface area contributed by atoms with Gasteiger partial charge < -0.3 is 19.4 Å². The summed E-state index contributed by atoms with van der Waals surface area (Å²) in [6.45, 7) is 6.87. The molecule has 0 saturated carbocycles. The third kappa shape index (κ3) is 65.0. The van der Waals surface area contributed by atoms with E-state index in [1.165, 1.54) is 148 Å². The lowest BCUT2D eigenvalue weighted by Crippen LogP contribution is -2.47. The third-order valence-corrected chi connectivity index (χ3v) is 16.2. The lowest BCUT2D eigenvalue weighted by Gasteiger charge is -2.27. The van der Waals surface area contributed by atoms with Crippen molar-refractivity contribution >= 4 is 19.7 Å². The van der Waals surface area contributed by atoms with Crippen LogP contribution in [-0.4, -0.2) is 74.3 Å². The normalized spacial score (nSPS) is 14.2. The summed E-state index contributed by atoms with van der Waals surface area (Å²) in [6.07, 6.45) is 88.1. The number of allylic oxidation sites excluding steroid dienone is 17. The van der Waals surface area contributed by atoms with E-state index in [1.54, 1.807) is 0 Å². The molecular formula is C75H134N2O7P+. The maximum absolute atomic E-state index is 13.6. The molecule has 9 nitrogen and oxygen atoms in total. The third-order valence-electron chi connectivity index (χ3n) is 15.2. The lowest BCUT2D eigenvalue weighted by molar-refractivity contribution is -0.870. The molecule has 0 bridgehead atoms. The Morgan fingerprint density at radius 1 is 0.424 bits per heavy atom. The highest BCUT2D eigenvalue weighted by Gasteiger charge is 2.30. The predicted molar refractivity (Wildman–Crippen MR) is 369 cm³/mol. The van der Waals surface area contributed by atoms with Crippen LogP contribution in [0.4, 0.5) is 0 Å². The van der Waals surface area contributed by atoms with E-state index in [0.29, 0.717) is 23.9 Å². The number of phosphoric acid groups is 1. The second-order valence-corrected chi connectivity index (χ2v) is 26.1. The zero-order valence-corrected chi connectivity index (χ0v) is 57.0. The Hall–Kier alpha value is -3.33. The summed E-state index contributed by atoms with van der Waals surface area (Å²) in [5.41, 5.74) is 0. The van der Waals surface area contributed by atoms with Gasteiger partial charge in [0.25, 0.3) is 0 Å². The number of carbonyl (C=O) groups excluding carboxylic acids is 2. The molecule has 0 radical (unpaired) electrons. The van der Waals surface area contributed by atoms with Gasteiger partial charge in [-0.1, -0.05) is 285 Å². The summed E-state index contributed by atoms with van der Waals surface area (Å²) < 4.78 is 30.8. The average molecular weight is 1210 g/mol. The fraction of sp³-hybridized carbons (Fsp3) is 0.733. The van der Waals surface area contributed by atoms with Gasteiger partial charge in [0.2, 0.25) is 5.91 Å². The largest absolute Gasteiger partial charge is 0.472 e. The number of quaternary nitrogens is 1. The molecule has 0 saturated heterocycles. The summed E-state index contributed by atoms with van der Waals surface area (Å²) in [6, 6.07) is -0.864. The molecule has 0 aromatic heterocycles. The summed E-state index contributed by atoms with van der Waals surface area (Å²) in [5, 5.41) is 3.06. The number of nitrogens with one attached hydrogen (secondary N) is 1. The van der Waals surface area contributed by atoms with Crippen LogP contribution in [0.25, 0.3) is 0 Å². The van der Waals surface area contributed by atoms with Crippen LogP contribution < -0.4 is 5.32 Å². The molecule has 0 aromatic rings. The number of nitrogens with zero attached hydrogens (tertiary/aromatic N) is 1. The van der Waals surface area contributed by atoms with Gasteiger partial charge >= 0.3 is 13.8 Å². The number of esters is 1. The molecule has 1 amide bonds. The molecule has 0 aliphatic carbocycles. The molecule has 0 spiro atoms. The van der Waals surface area contributed by atoms with E-state index in [0.717, 1.165) is 116 Å². The van der Waals surface area contributed by atoms with E-state index in [9.17, 15) is 19.0 Å². The first kappa shape index (κ1) is 81.7. The monoisotopic (exact) mass is 1210 g/mol. The number of carbonyl (C=O) groups is 2. The first-order chi connectivity index (χ1) is 41.4. The highest BCUT2D eigenvalue weighted by Crippen LogP contribution is 2.43. The molecule has 3 atom stereocenters. The maximum Gasteiger partial charge on any atom is 0.472 e. The van der Waals surface area contributed by atoms with Crippen molar-refractivity contribution in [3.05, 3.63) is 109 Å². The quantitative estimate of drug-likeness (QED) is 0.0205. The highest BCUT2D eigenvalue weighted by molar-refractivity contribution is 7.47. The summed E-state index contributed by atoms with van der Waals surface area (Å²) in [4.78, 5) is 37.9. The van der Waals surface area contributed by atoms with E-state index in [2.05, 4.69) is 123 Å². The molecule has 3 unspecified atom stereocenters. The zero-order valence-electron chi connectivity index (χ0n) is 56.1. The predicted octanol–water partition coefficient (Wildman–Crippen LogP) is 22.5. The van der Waals surface area contributed by atoms with Crippen molar-refractivity contribution in [2.45, 2.75) is 315 Å². The van der Waals surface area contributed by atoms with Crippen molar-refractivity contribution in [3.8, 4) is 0 Å². The Labute approximate surface area is 525 Å². The second-order valence-electron chi connectivity index (χ2n) is 24.7. The minimum absolute atomic E-state index is 0.0323. The molecule has 0 fully saturated rings. The standard InChI is InChI=1S/C75H133N2O7P/c1-7-10-13-16-19-22-25-27-29-31-33-35-36-37-38-39-40-42-43-45-47-49-52-55-58-61-64-67-74(78)76-72(71-83-85(80,81)82-70-69-77(4,5)6)73(66-63-60-57-54-51-24-21-18-15-12-9-3)84-75(79)68-65-62-59-56-53-50-48-46-44-41-34-32-30-28-26-23-20-17-14-11-8-2/h11,14,19-20,22-23,27-30,33-35,41,46,48,63,66,72-73H,7-10,12-13,15-18,21,24-26,31-32,36-40,42-45,47,49-62,64-65,67-71H2,1-6H3,(H-,76,78,80,81)/p+1/b14-11-,22-19-,23-20-,29-27-,30-28-,35-33-,41-34-,48-46-,66-63-. The number of hydrogen-bond donors (Lipinski definition) is 2. The van der Waals surface area contributed by atoms with E-state index in [-0.39, 0.29) is 31.5 Å². The number of phosphoric ester groups is 1. The van der Waals surface area contributed by atoms with Gasteiger partial charge in [-0.3, -0.25) is 18.6 Å². The van der Waals surface area contributed by atoms with Gasteiger partial charge in [0, 0.05) is 12.8 Å². The van der Waals surface area contributed by atoms with Crippen LogP contribution in [0, 0.1) is 0 Å². The fourth-order valence-electron chi connectivity index (χ4n) is 9.80. The Balaban J connectivity index is 5.05. The summed E-state index contributed by atoms with van der Waals surface area (Å²) >= 11 is 0. The van der Waals surface area contributed by atoms with Crippen molar-refractivity contribution in [3.63, 3.8) is 0 Å². The van der Waals surface area contributed by atoms with Crippen LogP contribution in [0.3, 0.4) is 0 Å². The summed E-state index contributed by atoms with van der Waals surface area (Å²) in [7, 11) is 1.48. The number of likely N-dealkylation sites (N-methyl/N-ethyl adjacent to an activating group) is 1. The van der Waals surface area contributed by atoms with E-state index >= 15 is 0 Å². The highest BCUT2D eigenvalue weighted by atomic mass is 31.2. The minimum atomic E-state index is -4.46. The number of amides is 1. The van der Waals surface area contributed by atoms with E-state index in [1.807, 2.05) is 33.3 Å². The van der Waals surface area contributed by atoms with Gasteiger partial charge in [0.1, 0.15) is 19.3 Å². The van der Waals surface area contributed by atoms with Crippen molar-refractivity contribution in [2.75, 3.05) is 40.9 Å². The number of unbranched alkanes of at least 4 members (excludes halogenated alkanes) is 31. The van der Waals surface area contributed by atoms with Crippen molar-refractivity contribution in [1.29, 1.82) is 0 Å². The van der Waals surface area contributed by atoms with Gasteiger partial charge in [0.05, 0.1) is 33.8 Å². The number of ether oxygens (including phenoxy) is 1. The maximum atomic E-state index is 13.6. The zero-order chi connectivity index (χ0) is 62.1.